The number of benzene rings is 3. The van der Waals surface area contributed by atoms with E-state index in [-0.39, 0.29) is 24.5 Å². The molecular formula is C28H28N2O5. The first kappa shape index (κ1) is 22.8. The Morgan fingerprint density at radius 2 is 1.86 bits per heavy atom. The van der Waals surface area contributed by atoms with E-state index in [1.54, 1.807) is 31.4 Å². The van der Waals surface area contributed by atoms with Gasteiger partial charge in [0.1, 0.15) is 17.2 Å². The smallest absolute Gasteiger partial charge is 0.257 e. The maximum atomic E-state index is 13.7. The predicted molar refractivity (Wildman–Crippen MR) is 131 cm³/mol. The number of carbonyl (C=O) groups is 2. The van der Waals surface area contributed by atoms with Crippen LogP contribution in [0.2, 0.25) is 0 Å². The van der Waals surface area contributed by atoms with Gasteiger partial charge < -0.3 is 24.4 Å². The second kappa shape index (κ2) is 10.1. The van der Waals surface area contributed by atoms with Crippen LogP contribution >= 0.6 is 0 Å². The first-order valence-electron chi connectivity index (χ1n) is 11.8. The Morgan fingerprint density at radius 3 is 2.69 bits per heavy atom. The van der Waals surface area contributed by atoms with Crippen molar-refractivity contribution in [2.75, 3.05) is 33.4 Å². The van der Waals surface area contributed by atoms with Crippen molar-refractivity contribution in [2.24, 2.45) is 0 Å². The van der Waals surface area contributed by atoms with Crippen LogP contribution < -0.4 is 19.5 Å². The molecule has 3 aromatic rings. The third-order valence-electron chi connectivity index (χ3n) is 6.40. The van der Waals surface area contributed by atoms with Gasteiger partial charge >= 0.3 is 0 Å². The zero-order valence-electron chi connectivity index (χ0n) is 19.7. The molecule has 0 aliphatic carbocycles. The molecule has 3 heterocycles. The van der Waals surface area contributed by atoms with Crippen LogP contribution in [0.4, 0.5) is 0 Å². The highest BCUT2D eigenvalue weighted by molar-refractivity contribution is 5.95. The average molecular weight is 473 g/mol. The minimum absolute atomic E-state index is 0.0375. The van der Waals surface area contributed by atoms with Gasteiger partial charge in [-0.3, -0.25) is 9.59 Å². The van der Waals surface area contributed by atoms with Crippen LogP contribution in [0.5, 0.6) is 17.2 Å². The maximum absolute atomic E-state index is 13.7. The van der Waals surface area contributed by atoms with E-state index in [0.717, 1.165) is 22.4 Å². The van der Waals surface area contributed by atoms with E-state index in [1.165, 1.54) is 0 Å². The number of ether oxygens (including phenoxy) is 3. The number of fused-ring (bicyclic) bond motifs is 8. The van der Waals surface area contributed by atoms with Crippen molar-refractivity contribution in [3.05, 3.63) is 89.0 Å². The summed E-state index contributed by atoms with van der Waals surface area (Å²) in [6.45, 7) is 1.50. The van der Waals surface area contributed by atoms with Crippen LogP contribution in [0, 0.1) is 0 Å². The summed E-state index contributed by atoms with van der Waals surface area (Å²) in [4.78, 5) is 27.7. The number of hydrogen-bond donors (Lipinski definition) is 1. The number of nitrogens with zero attached hydrogens (tertiary/aromatic N) is 1. The minimum atomic E-state index is -0.276. The van der Waals surface area contributed by atoms with Gasteiger partial charge in [0.25, 0.3) is 11.8 Å². The number of nitrogens with one attached hydrogen (secondary N) is 1. The van der Waals surface area contributed by atoms with Crippen molar-refractivity contribution >= 4 is 11.8 Å². The third-order valence-corrected chi connectivity index (χ3v) is 6.40. The fourth-order valence-electron chi connectivity index (χ4n) is 4.64. The zero-order valence-corrected chi connectivity index (χ0v) is 19.7. The first-order valence-corrected chi connectivity index (χ1v) is 11.8. The van der Waals surface area contributed by atoms with Crippen LogP contribution in [0.3, 0.4) is 0 Å². The molecule has 2 amide bonds. The number of methoxy groups -OCH3 is 1. The van der Waals surface area contributed by atoms with Gasteiger partial charge in [-0.05, 0) is 78.1 Å². The van der Waals surface area contributed by atoms with Crippen LogP contribution in [-0.4, -0.2) is 50.1 Å². The number of rotatable bonds is 2. The van der Waals surface area contributed by atoms with Gasteiger partial charge in [-0.15, -0.1) is 0 Å². The molecule has 6 rings (SSSR count). The van der Waals surface area contributed by atoms with E-state index in [2.05, 4.69) is 5.32 Å². The van der Waals surface area contributed by atoms with E-state index >= 15 is 0 Å². The summed E-state index contributed by atoms with van der Waals surface area (Å²) in [7, 11) is 1.61. The lowest BCUT2D eigenvalue weighted by Gasteiger charge is -2.38. The Labute approximate surface area is 204 Å². The quantitative estimate of drug-likeness (QED) is 0.615. The second-order valence-electron chi connectivity index (χ2n) is 8.65. The third kappa shape index (κ3) is 4.94. The van der Waals surface area contributed by atoms with Crippen LogP contribution in [-0.2, 0) is 11.2 Å². The standard InChI is InChI=1S/C28H28N2O5/c1-33-22-8-6-19(7-9-22)28(32)30-14-12-20-16-24-10-11-25(20)27(30)21-4-2-5-23(17-21)34-15-3-13-29-26(31)18-35-24/h2,4-11,16-17,27H,3,12-15,18H2,1H3,(H,29,31). The van der Waals surface area contributed by atoms with Crippen LogP contribution in [0.25, 0.3) is 0 Å². The molecular weight excluding hydrogens is 444 g/mol. The van der Waals surface area contributed by atoms with E-state index in [9.17, 15) is 9.59 Å². The topological polar surface area (TPSA) is 77.1 Å². The Morgan fingerprint density at radius 1 is 1.03 bits per heavy atom. The van der Waals surface area contributed by atoms with Gasteiger partial charge in [-0.2, -0.15) is 0 Å². The highest BCUT2D eigenvalue weighted by Gasteiger charge is 2.33. The summed E-state index contributed by atoms with van der Waals surface area (Å²) in [6.07, 6.45) is 1.37. The molecule has 3 aliphatic rings. The second-order valence-corrected chi connectivity index (χ2v) is 8.65. The molecule has 1 unspecified atom stereocenters. The molecule has 180 valence electrons. The summed E-state index contributed by atoms with van der Waals surface area (Å²) in [5, 5.41) is 2.85. The molecule has 35 heavy (non-hydrogen) atoms. The van der Waals surface area contributed by atoms with Gasteiger partial charge in [0.05, 0.1) is 19.8 Å². The zero-order chi connectivity index (χ0) is 24.2. The predicted octanol–water partition coefficient (Wildman–Crippen LogP) is 3.76. The normalized spacial score (nSPS) is 17.7. The molecule has 0 radical (unpaired) electrons. The Hall–Kier alpha value is -4.00. The largest absolute Gasteiger partial charge is 0.497 e. The maximum Gasteiger partial charge on any atom is 0.257 e. The van der Waals surface area contributed by atoms with Gasteiger partial charge in [0, 0.05) is 18.7 Å². The van der Waals surface area contributed by atoms with Crippen molar-refractivity contribution < 1.29 is 23.8 Å². The number of hydrogen-bond acceptors (Lipinski definition) is 5. The van der Waals surface area contributed by atoms with Crippen molar-refractivity contribution in [2.45, 2.75) is 18.9 Å². The molecule has 0 spiro atoms. The lowest BCUT2D eigenvalue weighted by Crippen LogP contribution is -2.40. The number of amides is 2. The molecule has 7 nitrogen and oxygen atoms in total. The van der Waals surface area contributed by atoms with Crippen molar-refractivity contribution in [1.82, 2.24) is 10.2 Å². The minimum Gasteiger partial charge on any atom is -0.497 e. The molecule has 3 aromatic carbocycles. The van der Waals surface area contributed by atoms with Crippen LogP contribution in [0.1, 0.15) is 39.5 Å². The van der Waals surface area contributed by atoms with E-state index < -0.39 is 0 Å². The van der Waals surface area contributed by atoms with Crippen molar-refractivity contribution in [3.8, 4) is 17.2 Å². The Balaban J connectivity index is 1.55. The van der Waals surface area contributed by atoms with E-state index in [4.69, 9.17) is 14.2 Å². The van der Waals surface area contributed by atoms with Gasteiger partial charge in [0.15, 0.2) is 6.61 Å². The highest BCUT2D eigenvalue weighted by Crippen LogP contribution is 2.38. The average Bonchev–Trinajstić information content (AvgIpc) is 2.90. The number of carbonyl (C=O) groups excluding carboxylic acids is 2. The Kier molecular flexibility index (Phi) is 6.57. The fourth-order valence-corrected chi connectivity index (χ4v) is 4.64. The molecule has 1 atom stereocenters. The monoisotopic (exact) mass is 472 g/mol. The molecule has 0 saturated carbocycles. The van der Waals surface area contributed by atoms with Crippen molar-refractivity contribution in [3.63, 3.8) is 0 Å². The van der Waals surface area contributed by atoms with E-state index in [1.807, 2.05) is 47.4 Å². The van der Waals surface area contributed by atoms with Crippen molar-refractivity contribution in [1.29, 1.82) is 0 Å². The van der Waals surface area contributed by atoms with Gasteiger partial charge in [-0.1, -0.05) is 18.2 Å². The molecule has 3 aliphatic heterocycles. The summed E-state index contributed by atoms with van der Waals surface area (Å²) in [5.41, 5.74) is 3.74. The summed E-state index contributed by atoms with van der Waals surface area (Å²) in [5.74, 6) is 1.90. The van der Waals surface area contributed by atoms with E-state index in [0.29, 0.717) is 49.6 Å². The molecule has 0 fully saturated rings. The summed E-state index contributed by atoms with van der Waals surface area (Å²) in [6, 6.07) is 20.7. The molecule has 7 heteroatoms. The van der Waals surface area contributed by atoms with Crippen LogP contribution in [0.15, 0.2) is 66.7 Å². The molecule has 6 bridgehead atoms. The summed E-state index contributed by atoms with van der Waals surface area (Å²) < 4.78 is 17.0. The Bertz CT molecular complexity index is 1220. The lowest BCUT2D eigenvalue weighted by atomic mass is 9.87. The highest BCUT2D eigenvalue weighted by atomic mass is 16.5. The summed E-state index contributed by atoms with van der Waals surface area (Å²) >= 11 is 0. The molecule has 1 N–H and O–H groups in total. The first-order chi connectivity index (χ1) is 17.1. The van der Waals surface area contributed by atoms with Gasteiger partial charge in [-0.25, -0.2) is 0 Å². The van der Waals surface area contributed by atoms with Gasteiger partial charge in [0.2, 0.25) is 0 Å². The fraction of sp³-hybridized carbons (Fsp3) is 0.286. The lowest BCUT2D eigenvalue weighted by molar-refractivity contribution is -0.123. The SMILES string of the molecule is COc1ccc(C(=O)N2CCc3cc4ccc3C2c2cccc(c2)OCCCNC(=O)CO4)cc1. The molecule has 0 saturated heterocycles. The molecule has 0 aromatic heterocycles.